The predicted octanol–water partition coefficient (Wildman–Crippen LogP) is 5.91. The van der Waals surface area contributed by atoms with Gasteiger partial charge in [0.15, 0.2) is 4.90 Å². The molecule has 2 heterocycles. The SMILES string of the molecule is CCCCc1nc(O)c(S(=O)(=O)c2ccc(-c3ccc(F)nc3C)cc2)c(=O)n1C(CC)c1cc(F)cc(F)c1. The highest BCUT2D eigenvalue weighted by Crippen LogP contribution is 2.31. The Labute approximate surface area is 229 Å². The second kappa shape index (κ2) is 11.6. The summed E-state index contributed by atoms with van der Waals surface area (Å²) in [6, 6.07) is 10.1. The standard InChI is InChI=1S/C29H28F3N3O4S/c1-4-6-7-26-34-28(36)27(29(37)35(26)24(5-2)19-14-20(30)16-21(31)15-19)40(38,39)22-10-8-18(9-11-22)23-12-13-25(32)33-17(23)3/h8-16,24,36H,4-7H2,1-3H3. The van der Waals surface area contributed by atoms with Gasteiger partial charge in [-0.3, -0.25) is 9.36 Å². The molecule has 2 aromatic carbocycles. The number of nitrogens with zero attached hydrogens (tertiary/aromatic N) is 3. The molecule has 1 unspecified atom stereocenters. The molecule has 1 atom stereocenters. The Kier molecular flexibility index (Phi) is 8.43. The number of unbranched alkanes of at least 4 members (excludes halogenated alkanes) is 1. The molecule has 0 saturated heterocycles. The quantitative estimate of drug-likeness (QED) is 0.251. The van der Waals surface area contributed by atoms with Gasteiger partial charge in [0.1, 0.15) is 17.5 Å². The maximum absolute atomic E-state index is 14.1. The van der Waals surface area contributed by atoms with E-state index in [0.717, 1.165) is 23.1 Å². The Morgan fingerprint density at radius 1 is 0.950 bits per heavy atom. The number of pyridine rings is 1. The molecule has 0 fully saturated rings. The van der Waals surface area contributed by atoms with Crippen molar-refractivity contribution in [2.75, 3.05) is 0 Å². The van der Waals surface area contributed by atoms with Crippen LogP contribution < -0.4 is 5.56 Å². The van der Waals surface area contributed by atoms with E-state index in [1.165, 1.54) is 36.4 Å². The van der Waals surface area contributed by atoms with Crippen LogP contribution in [0.4, 0.5) is 13.2 Å². The normalized spacial score (nSPS) is 12.4. The summed E-state index contributed by atoms with van der Waals surface area (Å²) in [6.45, 7) is 5.22. The van der Waals surface area contributed by atoms with Gasteiger partial charge in [0.2, 0.25) is 21.7 Å². The molecule has 7 nitrogen and oxygen atoms in total. The molecule has 0 aliphatic heterocycles. The van der Waals surface area contributed by atoms with Gasteiger partial charge in [-0.2, -0.15) is 9.37 Å². The Hall–Kier alpha value is -3.99. The number of aromatic nitrogens is 3. The fourth-order valence-corrected chi connectivity index (χ4v) is 6.06. The van der Waals surface area contributed by atoms with Gasteiger partial charge in [0.25, 0.3) is 5.56 Å². The summed E-state index contributed by atoms with van der Waals surface area (Å²) in [4.78, 5) is 20.5. The van der Waals surface area contributed by atoms with Crippen molar-refractivity contribution in [1.29, 1.82) is 0 Å². The largest absolute Gasteiger partial charge is 0.492 e. The van der Waals surface area contributed by atoms with E-state index < -0.39 is 49.8 Å². The number of hydrogen-bond acceptors (Lipinski definition) is 6. The van der Waals surface area contributed by atoms with Gasteiger partial charge in [-0.15, -0.1) is 0 Å². The van der Waals surface area contributed by atoms with Crippen molar-refractivity contribution in [3.05, 3.63) is 99.6 Å². The van der Waals surface area contributed by atoms with E-state index in [1.54, 1.807) is 13.8 Å². The first-order chi connectivity index (χ1) is 19.0. The second-order valence-corrected chi connectivity index (χ2v) is 11.3. The summed E-state index contributed by atoms with van der Waals surface area (Å²) in [5.41, 5.74) is 0.645. The molecule has 0 aliphatic carbocycles. The van der Waals surface area contributed by atoms with Crippen LogP contribution in [0.25, 0.3) is 11.1 Å². The third-order valence-electron chi connectivity index (χ3n) is 6.65. The van der Waals surface area contributed by atoms with Crippen molar-refractivity contribution in [3.8, 4) is 17.0 Å². The number of rotatable bonds is 9. The maximum Gasteiger partial charge on any atom is 0.277 e. The molecule has 2 aromatic heterocycles. The van der Waals surface area contributed by atoms with Crippen LogP contribution in [0.3, 0.4) is 0 Å². The minimum absolute atomic E-state index is 0.106. The lowest BCUT2D eigenvalue weighted by atomic mass is 10.0. The van der Waals surface area contributed by atoms with Crippen molar-refractivity contribution in [2.24, 2.45) is 0 Å². The monoisotopic (exact) mass is 571 g/mol. The van der Waals surface area contributed by atoms with E-state index in [0.29, 0.717) is 29.3 Å². The van der Waals surface area contributed by atoms with Crippen LogP contribution in [0.15, 0.2) is 69.2 Å². The first-order valence-electron chi connectivity index (χ1n) is 12.8. The van der Waals surface area contributed by atoms with E-state index in [1.807, 2.05) is 6.92 Å². The van der Waals surface area contributed by atoms with Crippen molar-refractivity contribution >= 4 is 9.84 Å². The number of benzene rings is 2. The second-order valence-electron chi connectivity index (χ2n) is 9.38. The smallest absolute Gasteiger partial charge is 0.277 e. The highest BCUT2D eigenvalue weighted by atomic mass is 32.2. The third-order valence-corrected chi connectivity index (χ3v) is 8.43. The summed E-state index contributed by atoms with van der Waals surface area (Å²) in [6.07, 6.45) is 1.71. The molecule has 0 radical (unpaired) electrons. The number of hydrogen-bond donors (Lipinski definition) is 1. The van der Waals surface area contributed by atoms with Crippen LogP contribution in [0.5, 0.6) is 5.88 Å². The molecule has 0 saturated carbocycles. The molecule has 210 valence electrons. The van der Waals surface area contributed by atoms with Crippen LogP contribution >= 0.6 is 0 Å². The summed E-state index contributed by atoms with van der Waals surface area (Å²) in [5, 5.41) is 10.7. The predicted molar refractivity (Wildman–Crippen MR) is 143 cm³/mol. The minimum atomic E-state index is -4.59. The molecule has 0 spiro atoms. The van der Waals surface area contributed by atoms with Crippen LogP contribution in [0.1, 0.15) is 56.2 Å². The Morgan fingerprint density at radius 2 is 1.60 bits per heavy atom. The fourth-order valence-electron chi connectivity index (χ4n) is 4.72. The first-order valence-corrected chi connectivity index (χ1v) is 14.2. The highest BCUT2D eigenvalue weighted by Gasteiger charge is 2.32. The molecule has 11 heteroatoms. The topological polar surface area (TPSA) is 102 Å². The van der Waals surface area contributed by atoms with Gasteiger partial charge in [-0.25, -0.2) is 22.2 Å². The van der Waals surface area contributed by atoms with Gasteiger partial charge in [0.05, 0.1) is 10.9 Å². The summed E-state index contributed by atoms with van der Waals surface area (Å²) in [7, 11) is -4.59. The van der Waals surface area contributed by atoms with E-state index in [2.05, 4.69) is 9.97 Å². The fraction of sp³-hybridized carbons (Fsp3) is 0.276. The zero-order valence-electron chi connectivity index (χ0n) is 22.2. The lowest BCUT2D eigenvalue weighted by Gasteiger charge is -2.23. The molecule has 0 bridgehead atoms. The van der Waals surface area contributed by atoms with Crippen LogP contribution in [0.2, 0.25) is 0 Å². The third kappa shape index (κ3) is 5.65. The number of halogens is 3. The molecule has 1 N–H and O–H groups in total. The summed E-state index contributed by atoms with van der Waals surface area (Å²) < 4.78 is 70.1. The molecule has 4 aromatic rings. The Bertz CT molecular complexity index is 1700. The van der Waals surface area contributed by atoms with Crippen LogP contribution in [-0.2, 0) is 16.3 Å². The van der Waals surface area contributed by atoms with Crippen molar-refractivity contribution in [1.82, 2.24) is 14.5 Å². The zero-order valence-corrected chi connectivity index (χ0v) is 23.0. The zero-order chi connectivity index (χ0) is 29.2. The van der Waals surface area contributed by atoms with Crippen LogP contribution in [0, 0.1) is 24.5 Å². The van der Waals surface area contributed by atoms with Gasteiger partial charge in [-0.1, -0.05) is 32.4 Å². The average molecular weight is 572 g/mol. The lowest BCUT2D eigenvalue weighted by Crippen LogP contribution is -2.33. The number of aromatic hydroxyl groups is 1. The van der Waals surface area contributed by atoms with Crippen molar-refractivity contribution in [3.63, 3.8) is 0 Å². The Morgan fingerprint density at radius 3 is 2.17 bits per heavy atom. The molecule has 4 rings (SSSR count). The van der Waals surface area contributed by atoms with E-state index in [4.69, 9.17) is 0 Å². The van der Waals surface area contributed by atoms with Gasteiger partial charge < -0.3 is 5.11 Å². The first kappa shape index (κ1) is 29.0. The Balaban J connectivity index is 1.87. The number of aryl methyl sites for hydroxylation is 2. The maximum atomic E-state index is 14.1. The van der Waals surface area contributed by atoms with E-state index in [-0.39, 0.29) is 29.1 Å². The van der Waals surface area contributed by atoms with Crippen molar-refractivity contribution in [2.45, 2.75) is 62.3 Å². The van der Waals surface area contributed by atoms with Gasteiger partial charge >= 0.3 is 0 Å². The molecule has 0 aliphatic rings. The number of sulfone groups is 1. The van der Waals surface area contributed by atoms with Gasteiger partial charge in [-0.05, 0) is 67.3 Å². The molecule has 40 heavy (non-hydrogen) atoms. The molecular weight excluding hydrogens is 543 g/mol. The molecule has 0 amide bonds. The van der Waals surface area contributed by atoms with E-state index in [9.17, 15) is 31.5 Å². The minimum Gasteiger partial charge on any atom is -0.492 e. The molecular formula is C29H28F3N3O4S. The van der Waals surface area contributed by atoms with Gasteiger partial charge in [0, 0.05) is 23.7 Å². The highest BCUT2D eigenvalue weighted by molar-refractivity contribution is 7.91. The van der Waals surface area contributed by atoms with E-state index >= 15 is 0 Å². The average Bonchev–Trinajstić information content (AvgIpc) is 2.88. The summed E-state index contributed by atoms with van der Waals surface area (Å²) in [5.74, 6) is -3.18. The van der Waals surface area contributed by atoms with Crippen molar-refractivity contribution < 1.29 is 26.7 Å². The van der Waals surface area contributed by atoms with Crippen LogP contribution in [-0.4, -0.2) is 28.1 Å². The summed E-state index contributed by atoms with van der Waals surface area (Å²) >= 11 is 0. The lowest BCUT2D eigenvalue weighted by molar-refractivity contribution is 0.406.